The Labute approximate surface area is 72.3 Å². The van der Waals surface area contributed by atoms with E-state index >= 15 is 0 Å². The van der Waals surface area contributed by atoms with Crippen LogP contribution in [0.1, 0.15) is 31.2 Å². The van der Waals surface area contributed by atoms with Crippen LogP contribution in [0.15, 0.2) is 19.0 Å². The van der Waals surface area contributed by atoms with Crippen LogP contribution < -0.4 is 5.73 Å². The van der Waals surface area contributed by atoms with Gasteiger partial charge in [0.25, 0.3) is 0 Å². The molecule has 0 aliphatic heterocycles. The van der Waals surface area contributed by atoms with Crippen LogP contribution in [0.2, 0.25) is 0 Å². The summed E-state index contributed by atoms with van der Waals surface area (Å²) in [7, 11) is 0. The minimum atomic E-state index is 0.401. The van der Waals surface area contributed by atoms with Crippen LogP contribution in [0.5, 0.6) is 0 Å². The summed E-state index contributed by atoms with van der Waals surface area (Å²) in [5.74, 6) is 0.401. The Balaban J connectivity index is 2.93. The molecular formula is C9H13N3. The predicted molar refractivity (Wildman–Crippen MR) is 49.3 cm³/mol. The van der Waals surface area contributed by atoms with E-state index in [2.05, 4.69) is 30.4 Å². The first-order valence-corrected chi connectivity index (χ1v) is 3.88. The van der Waals surface area contributed by atoms with Gasteiger partial charge in [-0.3, -0.25) is 9.97 Å². The molecule has 0 bridgehead atoms. The Kier molecular flexibility index (Phi) is 2.43. The van der Waals surface area contributed by atoms with E-state index in [1.54, 1.807) is 12.4 Å². The van der Waals surface area contributed by atoms with Crippen LogP contribution in [0.25, 0.3) is 5.70 Å². The molecule has 2 N–H and O–H groups in total. The van der Waals surface area contributed by atoms with E-state index in [9.17, 15) is 0 Å². The lowest BCUT2D eigenvalue weighted by molar-refractivity contribution is 0.810. The zero-order valence-electron chi connectivity index (χ0n) is 7.41. The zero-order chi connectivity index (χ0) is 9.14. The number of rotatable bonds is 2. The van der Waals surface area contributed by atoms with E-state index in [1.807, 2.05) is 0 Å². The fourth-order valence-electron chi connectivity index (χ4n) is 0.802. The third-order valence-corrected chi connectivity index (χ3v) is 1.59. The van der Waals surface area contributed by atoms with E-state index in [0.29, 0.717) is 17.3 Å². The third-order valence-electron chi connectivity index (χ3n) is 1.59. The lowest BCUT2D eigenvalue weighted by Crippen LogP contribution is -2.00. The smallest absolute Gasteiger partial charge is 0.104 e. The highest BCUT2D eigenvalue weighted by Gasteiger charge is 2.01. The molecule has 1 rings (SSSR count). The highest BCUT2D eigenvalue weighted by Crippen LogP contribution is 2.10. The third kappa shape index (κ3) is 1.81. The molecule has 0 fully saturated rings. The first kappa shape index (κ1) is 8.71. The van der Waals surface area contributed by atoms with Gasteiger partial charge in [0.2, 0.25) is 0 Å². The van der Waals surface area contributed by atoms with Crippen molar-refractivity contribution in [3.8, 4) is 0 Å². The van der Waals surface area contributed by atoms with Crippen molar-refractivity contribution in [2.75, 3.05) is 0 Å². The molecule has 1 aromatic heterocycles. The first-order valence-electron chi connectivity index (χ1n) is 3.88. The number of hydrogen-bond donors (Lipinski definition) is 1. The lowest BCUT2D eigenvalue weighted by atomic mass is 10.1. The van der Waals surface area contributed by atoms with Gasteiger partial charge in [-0.05, 0) is 5.92 Å². The van der Waals surface area contributed by atoms with Gasteiger partial charge in [-0.1, -0.05) is 20.4 Å². The minimum Gasteiger partial charge on any atom is -0.397 e. The summed E-state index contributed by atoms with van der Waals surface area (Å²) in [5.41, 5.74) is 7.52. The zero-order valence-corrected chi connectivity index (χ0v) is 7.41. The summed E-state index contributed by atoms with van der Waals surface area (Å²) in [4.78, 5) is 8.31. The van der Waals surface area contributed by atoms with Crippen molar-refractivity contribution < 1.29 is 0 Å². The molecule has 1 aromatic rings. The van der Waals surface area contributed by atoms with Gasteiger partial charge in [-0.2, -0.15) is 0 Å². The molecule has 0 spiro atoms. The van der Waals surface area contributed by atoms with E-state index in [-0.39, 0.29) is 0 Å². The second-order valence-corrected chi connectivity index (χ2v) is 3.01. The highest BCUT2D eigenvalue weighted by atomic mass is 14.8. The predicted octanol–water partition coefficient (Wildman–Crippen LogP) is 1.53. The monoisotopic (exact) mass is 163 g/mol. The maximum absolute atomic E-state index is 5.44. The van der Waals surface area contributed by atoms with E-state index in [4.69, 9.17) is 5.73 Å². The molecule has 0 saturated heterocycles. The summed E-state index contributed by atoms with van der Waals surface area (Å²) >= 11 is 0. The molecule has 0 saturated carbocycles. The van der Waals surface area contributed by atoms with Gasteiger partial charge in [0.15, 0.2) is 0 Å². The van der Waals surface area contributed by atoms with Crippen molar-refractivity contribution in [2.24, 2.45) is 5.73 Å². The second kappa shape index (κ2) is 3.34. The van der Waals surface area contributed by atoms with E-state index in [0.717, 1.165) is 5.69 Å². The number of hydrogen-bond acceptors (Lipinski definition) is 3. The number of aromatic nitrogens is 2. The SMILES string of the molecule is C=C(N)c1cnc(C(C)C)cn1. The maximum atomic E-state index is 5.44. The Morgan fingerprint density at radius 3 is 2.42 bits per heavy atom. The molecule has 12 heavy (non-hydrogen) atoms. The number of nitrogens with zero attached hydrogens (tertiary/aromatic N) is 2. The quantitative estimate of drug-likeness (QED) is 0.719. The average Bonchev–Trinajstić information content (AvgIpc) is 2.04. The molecule has 64 valence electrons. The van der Waals surface area contributed by atoms with Crippen molar-refractivity contribution in [2.45, 2.75) is 19.8 Å². The van der Waals surface area contributed by atoms with Gasteiger partial charge in [0.1, 0.15) is 5.69 Å². The molecular weight excluding hydrogens is 150 g/mol. The fourth-order valence-corrected chi connectivity index (χ4v) is 0.802. The Morgan fingerprint density at radius 1 is 1.42 bits per heavy atom. The Hall–Kier alpha value is -1.38. The van der Waals surface area contributed by atoms with Crippen LogP contribution >= 0.6 is 0 Å². The number of nitrogens with two attached hydrogens (primary N) is 1. The maximum Gasteiger partial charge on any atom is 0.104 e. The van der Waals surface area contributed by atoms with Crippen LogP contribution in [0.4, 0.5) is 0 Å². The van der Waals surface area contributed by atoms with Gasteiger partial charge in [0.05, 0.1) is 17.6 Å². The van der Waals surface area contributed by atoms with Crippen molar-refractivity contribution in [3.05, 3.63) is 30.4 Å². The average molecular weight is 163 g/mol. The lowest BCUT2D eigenvalue weighted by Gasteiger charge is -2.03. The van der Waals surface area contributed by atoms with Gasteiger partial charge < -0.3 is 5.73 Å². The summed E-state index contributed by atoms with van der Waals surface area (Å²) < 4.78 is 0. The highest BCUT2D eigenvalue weighted by molar-refractivity contribution is 5.55. The Morgan fingerprint density at radius 2 is 2.08 bits per heavy atom. The van der Waals surface area contributed by atoms with Crippen molar-refractivity contribution in [1.82, 2.24) is 9.97 Å². The molecule has 0 aliphatic carbocycles. The van der Waals surface area contributed by atoms with Gasteiger partial charge in [-0.25, -0.2) is 0 Å². The van der Waals surface area contributed by atoms with E-state index < -0.39 is 0 Å². The molecule has 0 aromatic carbocycles. The largest absolute Gasteiger partial charge is 0.397 e. The normalized spacial score (nSPS) is 10.2. The van der Waals surface area contributed by atoms with Gasteiger partial charge in [-0.15, -0.1) is 0 Å². The Bertz CT molecular complexity index is 274. The van der Waals surface area contributed by atoms with E-state index in [1.165, 1.54) is 0 Å². The molecule has 0 unspecified atom stereocenters. The molecule has 3 nitrogen and oxygen atoms in total. The van der Waals surface area contributed by atoms with Gasteiger partial charge in [0, 0.05) is 6.20 Å². The first-order chi connectivity index (χ1) is 5.61. The molecule has 0 amide bonds. The summed E-state index contributed by atoms with van der Waals surface area (Å²) in [6, 6.07) is 0. The summed E-state index contributed by atoms with van der Waals surface area (Å²) in [6.07, 6.45) is 3.38. The topological polar surface area (TPSA) is 51.8 Å². The van der Waals surface area contributed by atoms with Crippen molar-refractivity contribution in [3.63, 3.8) is 0 Å². The minimum absolute atomic E-state index is 0.401. The summed E-state index contributed by atoms with van der Waals surface area (Å²) in [6.45, 7) is 7.72. The fraction of sp³-hybridized carbons (Fsp3) is 0.333. The van der Waals surface area contributed by atoms with Gasteiger partial charge >= 0.3 is 0 Å². The van der Waals surface area contributed by atoms with Crippen LogP contribution in [0, 0.1) is 0 Å². The van der Waals surface area contributed by atoms with Crippen molar-refractivity contribution in [1.29, 1.82) is 0 Å². The van der Waals surface area contributed by atoms with Crippen LogP contribution in [-0.2, 0) is 0 Å². The molecule has 3 heteroatoms. The second-order valence-electron chi connectivity index (χ2n) is 3.01. The molecule has 1 heterocycles. The van der Waals surface area contributed by atoms with Crippen LogP contribution in [0.3, 0.4) is 0 Å². The molecule has 0 atom stereocenters. The molecule has 0 aliphatic rings. The molecule has 0 radical (unpaired) electrons. The summed E-state index contributed by atoms with van der Waals surface area (Å²) in [5, 5.41) is 0. The van der Waals surface area contributed by atoms with Crippen LogP contribution in [-0.4, -0.2) is 9.97 Å². The van der Waals surface area contributed by atoms with Crippen molar-refractivity contribution >= 4 is 5.70 Å². The standard InChI is InChI=1S/C9H13N3/c1-6(2)8-4-12-9(5-11-8)7(3)10/h4-6H,3,10H2,1-2H3.